The predicted octanol–water partition coefficient (Wildman–Crippen LogP) is 5.22. The number of nitrogens with zero attached hydrogens (tertiary/aromatic N) is 2. The molecule has 106 valence electrons. The van der Waals surface area contributed by atoms with Gasteiger partial charge in [-0.1, -0.05) is 23.2 Å². The van der Waals surface area contributed by atoms with Gasteiger partial charge >= 0.3 is 0 Å². The van der Waals surface area contributed by atoms with Crippen LogP contribution in [0.25, 0.3) is 22.3 Å². The number of ether oxygens (including phenoxy) is 1. The maximum Gasteiger partial charge on any atom is 0.165 e. The zero-order valence-corrected chi connectivity index (χ0v) is 14.6. The van der Waals surface area contributed by atoms with Crippen molar-refractivity contribution in [3.8, 4) is 17.1 Å². The molecule has 0 unspecified atom stereocenters. The van der Waals surface area contributed by atoms with Crippen molar-refractivity contribution in [2.24, 2.45) is 0 Å². The number of halogens is 3. The van der Waals surface area contributed by atoms with Crippen LogP contribution in [0.2, 0.25) is 10.2 Å². The van der Waals surface area contributed by atoms with Gasteiger partial charge < -0.3 is 4.74 Å². The fourth-order valence-electron chi connectivity index (χ4n) is 2.03. The average Bonchev–Trinajstić information content (AvgIpc) is 2.47. The van der Waals surface area contributed by atoms with E-state index in [9.17, 15) is 0 Å². The van der Waals surface area contributed by atoms with E-state index in [4.69, 9.17) is 27.9 Å². The fourth-order valence-corrected chi connectivity index (χ4v) is 2.92. The molecule has 0 fully saturated rings. The van der Waals surface area contributed by atoms with Crippen LogP contribution in [-0.4, -0.2) is 17.1 Å². The lowest BCUT2D eigenvalue weighted by molar-refractivity contribution is 0.416. The molecule has 1 aromatic heterocycles. The third-order valence-corrected chi connectivity index (χ3v) is 4.21. The maximum atomic E-state index is 6.29. The maximum absolute atomic E-state index is 6.29. The second kappa shape index (κ2) is 5.94. The van der Waals surface area contributed by atoms with E-state index in [2.05, 4.69) is 32.6 Å². The van der Waals surface area contributed by atoms with Gasteiger partial charge in [0, 0.05) is 14.0 Å². The molecule has 3 aromatic rings. The molecule has 0 bridgehead atoms. The van der Waals surface area contributed by atoms with E-state index < -0.39 is 0 Å². The minimum Gasteiger partial charge on any atom is -0.496 e. The highest BCUT2D eigenvalue weighted by Gasteiger charge is 2.13. The van der Waals surface area contributed by atoms with E-state index in [1.807, 2.05) is 24.3 Å². The van der Waals surface area contributed by atoms with Crippen molar-refractivity contribution in [2.75, 3.05) is 7.11 Å². The van der Waals surface area contributed by atoms with Crippen LogP contribution >= 0.6 is 45.8 Å². The van der Waals surface area contributed by atoms with Gasteiger partial charge in [0.2, 0.25) is 0 Å². The summed E-state index contributed by atoms with van der Waals surface area (Å²) in [6.07, 6.45) is 0. The summed E-state index contributed by atoms with van der Waals surface area (Å²) in [5.41, 5.74) is 1.55. The van der Waals surface area contributed by atoms with Crippen LogP contribution in [0.15, 0.2) is 36.4 Å². The Labute approximate surface area is 145 Å². The van der Waals surface area contributed by atoms with Gasteiger partial charge in [0.15, 0.2) is 5.82 Å². The molecule has 21 heavy (non-hydrogen) atoms. The molecule has 0 saturated heterocycles. The molecule has 1 heterocycles. The molecule has 3 rings (SSSR count). The van der Waals surface area contributed by atoms with Crippen molar-refractivity contribution >= 4 is 56.7 Å². The number of hydrogen-bond acceptors (Lipinski definition) is 3. The fraction of sp³-hybridized carbons (Fsp3) is 0.0667. The summed E-state index contributed by atoms with van der Waals surface area (Å²) >= 11 is 14.5. The highest BCUT2D eigenvalue weighted by atomic mass is 127. The van der Waals surface area contributed by atoms with Crippen LogP contribution in [0.1, 0.15) is 0 Å². The zero-order chi connectivity index (χ0) is 15.0. The molecule has 0 spiro atoms. The highest BCUT2D eigenvalue weighted by Crippen LogP contribution is 2.33. The van der Waals surface area contributed by atoms with E-state index in [1.165, 1.54) is 0 Å². The smallest absolute Gasteiger partial charge is 0.165 e. The molecule has 6 heteroatoms. The molecule has 3 nitrogen and oxygen atoms in total. The molecule has 0 saturated carbocycles. The van der Waals surface area contributed by atoms with Crippen molar-refractivity contribution < 1.29 is 4.74 Å². The van der Waals surface area contributed by atoms with E-state index in [0.29, 0.717) is 21.7 Å². The monoisotopic (exact) mass is 430 g/mol. The standard InChI is InChI=1S/C15H9Cl2IN2O/c1-21-13-6-8(16)2-4-10(13)15-19-12-5-3-9(18)7-11(12)14(17)20-15/h2-7H,1H3. The van der Waals surface area contributed by atoms with Gasteiger partial charge in [0.1, 0.15) is 10.9 Å². The Balaban J connectivity index is 2.24. The van der Waals surface area contributed by atoms with Crippen LogP contribution in [0.5, 0.6) is 5.75 Å². The molecule has 2 aromatic carbocycles. The number of hydrogen-bond donors (Lipinski definition) is 0. The van der Waals surface area contributed by atoms with Gasteiger partial charge in [-0.3, -0.25) is 0 Å². The predicted molar refractivity (Wildman–Crippen MR) is 94.3 cm³/mol. The third-order valence-electron chi connectivity index (χ3n) is 3.02. The lowest BCUT2D eigenvalue weighted by Crippen LogP contribution is -1.95. The van der Waals surface area contributed by atoms with E-state index in [-0.39, 0.29) is 0 Å². The first-order valence-electron chi connectivity index (χ1n) is 6.05. The molecule has 0 aliphatic heterocycles. The summed E-state index contributed by atoms with van der Waals surface area (Å²) in [6.45, 7) is 0. The summed E-state index contributed by atoms with van der Waals surface area (Å²) in [7, 11) is 1.58. The lowest BCUT2D eigenvalue weighted by Gasteiger charge is -2.09. The Hall–Kier alpha value is -1.11. The van der Waals surface area contributed by atoms with Crippen LogP contribution in [0, 0.1) is 3.57 Å². The number of fused-ring (bicyclic) bond motifs is 1. The molecule has 0 aliphatic rings. The van der Waals surface area contributed by atoms with Crippen molar-refractivity contribution in [1.29, 1.82) is 0 Å². The normalized spacial score (nSPS) is 10.9. The second-order valence-corrected chi connectivity index (χ2v) is 6.38. The zero-order valence-electron chi connectivity index (χ0n) is 10.9. The van der Waals surface area contributed by atoms with E-state index >= 15 is 0 Å². The highest BCUT2D eigenvalue weighted by molar-refractivity contribution is 14.1. The Morgan fingerprint density at radius 1 is 1.05 bits per heavy atom. The first kappa shape index (κ1) is 14.8. The third kappa shape index (κ3) is 2.93. The molecular formula is C15H9Cl2IN2O. The Morgan fingerprint density at radius 3 is 2.62 bits per heavy atom. The number of rotatable bonds is 2. The van der Waals surface area contributed by atoms with Gasteiger partial charge in [0.25, 0.3) is 0 Å². The topological polar surface area (TPSA) is 35.0 Å². The van der Waals surface area contributed by atoms with Crippen LogP contribution in [0.3, 0.4) is 0 Å². The summed E-state index contributed by atoms with van der Waals surface area (Å²) in [4.78, 5) is 8.94. The summed E-state index contributed by atoms with van der Waals surface area (Å²) in [6, 6.07) is 11.2. The Bertz CT molecular complexity index is 839. The number of aromatic nitrogens is 2. The van der Waals surface area contributed by atoms with Gasteiger partial charge in [-0.2, -0.15) is 0 Å². The second-order valence-electron chi connectivity index (χ2n) is 4.34. The minimum atomic E-state index is 0.422. The van der Waals surface area contributed by atoms with Gasteiger partial charge in [-0.05, 0) is 59.0 Å². The first-order chi connectivity index (χ1) is 10.1. The van der Waals surface area contributed by atoms with Crippen molar-refractivity contribution in [1.82, 2.24) is 9.97 Å². The molecule has 0 amide bonds. The summed E-state index contributed by atoms with van der Waals surface area (Å²) in [5, 5.41) is 1.85. The largest absolute Gasteiger partial charge is 0.496 e. The molecular weight excluding hydrogens is 422 g/mol. The lowest BCUT2D eigenvalue weighted by atomic mass is 10.1. The van der Waals surface area contributed by atoms with Crippen molar-refractivity contribution in [3.63, 3.8) is 0 Å². The summed E-state index contributed by atoms with van der Waals surface area (Å²) < 4.78 is 6.43. The van der Waals surface area contributed by atoms with Crippen molar-refractivity contribution in [2.45, 2.75) is 0 Å². The molecule has 0 atom stereocenters. The first-order valence-corrected chi connectivity index (χ1v) is 7.88. The van der Waals surface area contributed by atoms with Crippen LogP contribution in [-0.2, 0) is 0 Å². The molecule has 0 N–H and O–H groups in total. The minimum absolute atomic E-state index is 0.422. The van der Waals surface area contributed by atoms with E-state index in [0.717, 1.165) is 20.0 Å². The van der Waals surface area contributed by atoms with Crippen molar-refractivity contribution in [3.05, 3.63) is 50.1 Å². The number of methoxy groups -OCH3 is 1. The van der Waals surface area contributed by atoms with Gasteiger partial charge in [-0.25, -0.2) is 9.97 Å². The van der Waals surface area contributed by atoms with Gasteiger partial charge in [-0.15, -0.1) is 0 Å². The SMILES string of the molecule is COc1cc(Cl)ccc1-c1nc(Cl)c2cc(I)ccc2n1. The Kier molecular flexibility index (Phi) is 4.19. The average molecular weight is 431 g/mol. The Morgan fingerprint density at radius 2 is 1.86 bits per heavy atom. The molecule has 0 radical (unpaired) electrons. The van der Waals surface area contributed by atoms with E-state index in [1.54, 1.807) is 19.2 Å². The number of benzene rings is 2. The van der Waals surface area contributed by atoms with Gasteiger partial charge in [0.05, 0.1) is 18.2 Å². The summed E-state index contributed by atoms with van der Waals surface area (Å²) in [5.74, 6) is 1.13. The van der Waals surface area contributed by atoms with Crippen LogP contribution < -0.4 is 4.74 Å². The quantitative estimate of drug-likeness (QED) is 0.413. The molecule has 0 aliphatic carbocycles. The van der Waals surface area contributed by atoms with Crippen LogP contribution in [0.4, 0.5) is 0 Å².